The van der Waals surface area contributed by atoms with Gasteiger partial charge in [-0.15, -0.1) is 0 Å². The lowest BCUT2D eigenvalue weighted by molar-refractivity contribution is 0.0663. The van der Waals surface area contributed by atoms with E-state index in [1.165, 1.54) is 6.07 Å². The number of carbonyl (C=O) groups is 1. The Kier molecular flexibility index (Phi) is 3.03. The van der Waals surface area contributed by atoms with Gasteiger partial charge in [-0.3, -0.25) is 0 Å². The molecule has 0 aliphatic rings. The van der Waals surface area contributed by atoms with Crippen LogP contribution in [0.15, 0.2) is 39.2 Å². The van der Waals surface area contributed by atoms with E-state index in [1.54, 1.807) is 24.3 Å². The molecule has 1 aromatic carbocycles. The highest BCUT2D eigenvalue weighted by Crippen LogP contribution is 2.31. The van der Waals surface area contributed by atoms with Crippen LogP contribution in [-0.2, 0) is 0 Å². The van der Waals surface area contributed by atoms with E-state index in [9.17, 15) is 4.79 Å². The number of halogens is 2. The Hall–Kier alpha value is -1.26. The van der Waals surface area contributed by atoms with Crippen LogP contribution < -0.4 is 0 Å². The molecule has 0 saturated carbocycles. The highest BCUT2D eigenvalue weighted by molar-refractivity contribution is 9.10. The maximum atomic E-state index is 10.7. The number of carboxylic acid groups (broad SMARTS) is 1. The van der Waals surface area contributed by atoms with Gasteiger partial charge in [0.1, 0.15) is 5.76 Å². The summed E-state index contributed by atoms with van der Waals surface area (Å²) in [6.45, 7) is 0. The molecule has 0 atom stereocenters. The zero-order chi connectivity index (χ0) is 11.7. The summed E-state index contributed by atoms with van der Waals surface area (Å²) in [6, 6.07) is 8.26. The number of furan rings is 1. The standard InChI is InChI=1S/C11H6BrClO3/c12-6-1-2-8(13)7(5-6)9-3-4-10(16-9)11(14)15/h1-5H,(H,14,15). The summed E-state index contributed by atoms with van der Waals surface area (Å²) in [6.07, 6.45) is 0. The summed E-state index contributed by atoms with van der Waals surface area (Å²) in [5.74, 6) is -0.771. The second-order valence-corrected chi connectivity index (χ2v) is 4.42. The third-order valence-corrected chi connectivity index (χ3v) is 2.83. The van der Waals surface area contributed by atoms with E-state index < -0.39 is 5.97 Å². The Morgan fingerprint density at radius 2 is 2.06 bits per heavy atom. The van der Waals surface area contributed by atoms with Crippen molar-refractivity contribution in [1.29, 1.82) is 0 Å². The molecule has 3 nitrogen and oxygen atoms in total. The van der Waals surface area contributed by atoms with E-state index in [0.717, 1.165) is 4.47 Å². The van der Waals surface area contributed by atoms with Crippen molar-refractivity contribution >= 4 is 33.5 Å². The first kappa shape index (κ1) is 11.2. The van der Waals surface area contributed by atoms with Gasteiger partial charge in [0.15, 0.2) is 0 Å². The van der Waals surface area contributed by atoms with Crippen molar-refractivity contribution in [3.8, 4) is 11.3 Å². The molecule has 0 bridgehead atoms. The van der Waals surface area contributed by atoms with E-state index >= 15 is 0 Å². The van der Waals surface area contributed by atoms with Crippen LogP contribution in [0.25, 0.3) is 11.3 Å². The number of rotatable bonds is 2. The van der Waals surface area contributed by atoms with Crippen LogP contribution in [0, 0.1) is 0 Å². The molecule has 82 valence electrons. The Morgan fingerprint density at radius 3 is 2.69 bits per heavy atom. The van der Waals surface area contributed by atoms with Crippen molar-refractivity contribution in [2.75, 3.05) is 0 Å². The average Bonchev–Trinajstić information content (AvgIpc) is 2.70. The molecule has 2 rings (SSSR count). The van der Waals surface area contributed by atoms with Gasteiger partial charge in [-0.25, -0.2) is 4.79 Å². The molecular formula is C11H6BrClO3. The Labute approximate surface area is 105 Å². The molecule has 16 heavy (non-hydrogen) atoms. The second-order valence-electron chi connectivity index (χ2n) is 3.09. The summed E-state index contributed by atoms with van der Waals surface area (Å²) in [4.78, 5) is 10.7. The Morgan fingerprint density at radius 1 is 1.31 bits per heavy atom. The van der Waals surface area contributed by atoms with Crippen molar-refractivity contribution in [2.45, 2.75) is 0 Å². The smallest absolute Gasteiger partial charge is 0.371 e. The van der Waals surface area contributed by atoms with Gasteiger partial charge in [0, 0.05) is 10.0 Å². The van der Waals surface area contributed by atoms with Crippen LogP contribution in [0.1, 0.15) is 10.6 Å². The van der Waals surface area contributed by atoms with E-state index in [-0.39, 0.29) is 5.76 Å². The van der Waals surface area contributed by atoms with Gasteiger partial charge in [-0.2, -0.15) is 0 Å². The summed E-state index contributed by atoms with van der Waals surface area (Å²) in [5, 5.41) is 9.24. The van der Waals surface area contributed by atoms with Gasteiger partial charge in [-0.1, -0.05) is 27.5 Å². The molecule has 5 heteroatoms. The predicted octanol–water partition coefficient (Wildman–Crippen LogP) is 4.06. The van der Waals surface area contributed by atoms with Crippen LogP contribution in [0.3, 0.4) is 0 Å². The van der Waals surface area contributed by atoms with Gasteiger partial charge < -0.3 is 9.52 Å². The summed E-state index contributed by atoms with van der Waals surface area (Å²) >= 11 is 9.30. The van der Waals surface area contributed by atoms with Gasteiger partial charge in [0.25, 0.3) is 0 Å². The lowest BCUT2D eigenvalue weighted by atomic mass is 10.2. The molecule has 0 fully saturated rings. The normalized spacial score (nSPS) is 10.4. The number of hydrogen-bond acceptors (Lipinski definition) is 2. The summed E-state index contributed by atoms with van der Waals surface area (Å²) in [7, 11) is 0. The molecule has 0 aliphatic carbocycles. The highest BCUT2D eigenvalue weighted by Gasteiger charge is 2.12. The minimum Gasteiger partial charge on any atom is -0.475 e. The van der Waals surface area contributed by atoms with E-state index in [4.69, 9.17) is 21.1 Å². The van der Waals surface area contributed by atoms with Crippen molar-refractivity contribution in [3.05, 3.63) is 45.6 Å². The number of hydrogen-bond donors (Lipinski definition) is 1. The maximum Gasteiger partial charge on any atom is 0.371 e. The summed E-state index contributed by atoms with van der Waals surface area (Å²) in [5.41, 5.74) is 0.656. The van der Waals surface area contributed by atoms with Crippen molar-refractivity contribution < 1.29 is 14.3 Å². The molecule has 0 unspecified atom stereocenters. The third-order valence-electron chi connectivity index (χ3n) is 2.01. The number of aromatic carboxylic acids is 1. The fourth-order valence-electron chi connectivity index (χ4n) is 1.28. The minimum absolute atomic E-state index is 0.106. The average molecular weight is 302 g/mol. The van der Waals surface area contributed by atoms with E-state index in [1.807, 2.05) is 0 Å². The van der Waals surface area contributed by atoms with Crippen LogP contribution in [-0.4, -0.2) is 11.1 Å². The van der Waals surface area contributed by atoms with Crippen molar-refractivity contribution in [2.24, 2.45) is 0 Å². The lowest BCUT2D eigenvalue weighted by Crippen LogP contribution is -1.91. The molecular weight excluding hydrogens is 295 g/mol. The van der Waals surface area contributed by atoms with Crippen LogP contribution in [0.5, 0.6) is 0 Å². The highest BCUT2D eigenvalue weighted by atomic mass is 79.9. The van der Waals surface area contributed by atoms with Gasteiger partial charge in [0.05, 0.1) is 5.02 Å². The van der Waals surface area contributed by atoms with Gasteiger partial charge in [-0.05, 0) is 30.3 Å². The molecule has 1 aromatic heterocycles. The van der Waals surface area contributed by atoms with Crippen LogP contribution in [0.2, 0.25) is 5.02 Å². The van der Waals surface area contributed by atoms with Crippen LogP contribution >= 0.6 is 27.5 Å². The first-order valence-corrected chi connectivity index (χ1v) is 5.53. The largest absolute Gasteiger partial charge is 0.475 e. The topological polar surface area (TPSA) is 50.4 Å². The van der Waals surface area contributed by atoms with Gasteiger partial charge >= 0.3 is 5.97 Å². The lowest BCUT2D eigenvalue weighted by Gasteiger charge is -2.01. The zero-order valence-corrected chi connectivity index (χ0v) is 10.2. The Bertz CT molecular complexity index is 548. The fourth-order valence-corrected chi connectivity index (χ4v) is 1.86. The molecule has 0 aliphatic heterocycles. The third kappa shape index (κ3) is 2.13. The number of benzene rings is 1. The first-order valence-electron chi connectivity index (χ1n) is 4.36. The van der Waals surface area contributed by atoms with Crippen LogP contribution in [0.4, 0.5) is 0 Å². The maximum absolute atomic E-state index is 10.7. The molecule has 2 aromatic rings. The fraction of sp³-hybridized carbons (Fsp3) is 0. The SMILES string of the molecule is O=C(O)c1ccc(-c2cc(Br)ccc2Cl)o1. The monoisotopic (exact) mass is 300 g/mol. The summed E-state index contributed by atoms with van der Waals surface area (Å²) < 4.78 is 6.01. The predicted molar refractivity (Wildman–Crippen MR) is 63.8 cm³/mol. The zero-order valence-electron chi connectivity index (χ0n) is 7.91. The molecule has 0 amide bonds. The molecule has 1 heterocycles. The second kappa shape index (κ2) is 4.31. The molecule has 0 spiro atoms. The van der Waals surface area contributed by atoms with Crippen molar-refractivity contribution in [1.82, 2.24) is 0 Å². The minimum atomic E-state index is -1.10. The quantitative estimate of drug-likeness (QED) is 0.910. The van der Waals surface area contributed by atoms with Gasteiger partial charge in [0.2, 0.25) is 5.76 Å². The molecule has 1 N–H and O–H groups in total. The molecule has 0 saturated heterocycles. The van der Waals surface area contributed by atoms with E-state index in [2.05, 4.69) is 15.9 Å². The van der Waals surface area contributed by atoms with Crippen molar-refractivity contribution in [3.63, 3.8) is 0 Å². The number of carboxylic acids is 1. The molecule has 0 radical (unpaired) electrons. The van der Waals surface area contributed by atoms with E-state index in [0.29, 0.717) is 16.3 Å². The first-order chi connectivity index (χ1) is 7.58. The Balaban J connectivity index is 2.50.